The Balaban J connectivity index is 1.74. The SMILES string of the molecule is NC(=NOCC(=O)NC1CCCC1)c1cc(Br)cs1. The van der Waals surface area contributed by atoms with Crippen molar-refractivity contribution < 1.29 is 9.63 Å². The van der Waals surface area contributed by atoms with E-state index in [0.717, 1.165) is 22.2 Å². The van der Waals surface area contributed by atoms with Crippen LogP contribution in [0.4, 0.5) is 0 Å². The lowest BCUT2D eigenvalue weighted by Crippen LogP contribution is -2.35. The van der Waals surface area contributed by atoms with E-state index >= 15 is 0 Å². The third-order valence-electron chi connectivity index (χ3n) is 2.90. The number of thiophene rings is 1. The van der Waals surface area contributed by atoms with Crippen LogP contribution in [0.2, 0.25) is 0 Å². The number of oxime groups is 1. The molecular formula is C12H16BrN3O2S. The lowest BCUT2D eigenvalue weighted by Gasteiger charge is -2.10. The van der Waals surface area contributed by atoms with Crippen LogP contribution in [-0.4, -0.2) is 24.4 Å². The molecule has 1 fully saturated rings. The average Bonchev–Trinajstić information content (AvgIpc) is 3.00. The third kappa shape index (κ3) is 4.50. The molecule has 1 aromatic rings. The lowest BCUT2D eigenvalue weighted by atomic mass is 10.2. The molecule has 0 bridgehead atoms. The standard InChI is InChI=1S/C12H16BrN3O2S/c13-8-5-10(19-7-8)12(14)16-18-6-11(17)15-9-3-1-2-4-9/h5,7,9H,1-4,6H2,(H2,14,16)(H,15,17). The van der Waals surface area contributed by atoms with Gasteiger partial charge in [0.1, 0.15) is 0 Å². The Kier molecular flexibility index (Phi) is 5.21. The molecule has 0 aliphatic heterocycles. The molecule has 0 saturated heterocycles. The van der Waals surface area contributed by atoms with Gasteiger partial charge >= 0.3 is 0 Å². The van der Waals surface area contributed by atoms with Gasteiger partial charge in [-0.3, -0.25) is 4.79 Å². The van der Waals surface area contributed by atoms with E-state index in [1.165, 1.54) is 24.2 Å². The van der Waals surface area contributed by atoms with Gasteiger partial charge in [-0.1, -0.05) is 18.0 Å². The molecule has 1 saturated carbocycles. The molecule has 1 aliphatic rings. The molecule has 1 aliphatic carbocycles. The maximum Gasteiger partial charge on any atom is 0.260 e. The van der Waals surface area contributed by atoms with Crippen LogP contribution < -0.4 is 11.1 Å². The van der Waals surface area contributed by atoms with Gasteiger partial charge in [0.25, 0.3) is 5.91 Å². The van der Waals surface area contributed by atoms with E-state index in [4.69, 9.17) is 10.6 Å². The predicted molar refractivity (Wildman–Crippen MR) is 79.1 cm³/mol. The van der Waals surface area contributed by atoms with Crippen LogP contribution in [0.15, 0.2) is 21.1 Å². The maximum absolute atomic E-state index is 11.6. The molecule has 0 radical (unpaired) electrons. The number of nitrogens with zero attached hydrogens (tertiary/aromatic N) is 1. The summed E-state index contributed by atoms with van der Waals surface area (Å²) >= 11 is 4.80. The first kappa shape index (κ1) is 14.3. The van der Waals surface area contributed by atoms with E-state index < -0.39 is 0 Å². The van der Waals surface area contributed by atoms with Gasteiger partial charge in [-0.15, -0.1) is 11.3 Å². The van der Waals surface area contributed by atoms with E-state index in [-0.39, 0.29) is 18.3 Å². The molecule has 0 atom stereocenters. The second-order valence-corrected chi connectivity index (χ2v) is 6.25. The highest BCUT2D eigenvalue weighted by Crippen LogP contribution is 2.19. The second-order valence-electron chi connectivity index (χ2n) is 4.43. The van der Waals surface area contributed by atoms with Crippen molar-refractivity contribution in [1.82, 2.24) is 5.32 Å². The Morgan fingerprint density at radius 3 is 2.95 bits per heavy atom. The molecule has 2 rings (SSSR count). The molecule has 5 nitrogen and oxygen atoms in total. The van der Waals surface area contributed by atoms with Crippen molar-refractivity contribution in [1.29, 1.82) is 0 Å². The molecule has 0 spiro atoms. The first-order valence-electron chi connectivity index (χ1n) is 6.14. The number of rotatable bonds is 5. The average molecular weight is 346 g/mol. The molecule has 1 amide bonds. The molecule has 3 N–H and O–H groups in total. The highest BCUT2D eigenvalue weighted by molar-refractivity contribution is 9.10. The summed E-state index contributed by atoms with van der Waals surface area (Å²) in [6, 6.07) is 2.15. The minimum Gasteiger partial charge on any atom is -0.384 e. The summed E-state index contributed by atoms with van der Waals surface area (Å²) in [6.45, 7) is -0.0935. The van der Waals surface area contributed by atoms with Crippen molar-refractivity contribution in [2.75, 3.05) is 6.61 Å². The van der Waals surface area contributed by atoms with Gasteiger partial charge in [0.15, 0.2) is 12.4 Å². The number of carbonyl (C=O) groups is 1. The fourth-order valence-corrected chi connectivity index (χ4v) is 3.31. The summed E-state index contributed by atoms with van der Waals surface area (Å²) in [6.07, 6.45) is 4.48. The quantitative estimate of drug-likeness (QED) is 0.488. The first-order valence-corrected chi connectivity index (χ1v) is 7.81. The summed E-state index contributed by atoms with van der Waals surface area (Å²) < 4.78 is 0.949. The van der Waals surface area contributed by atoms with Crippen LogP contribution in [-0.2, 0) is 9.63 Å². The molecule has 19 heavy (non-hydrogen) atoms. The van der Waals surface area contributed by atoms with Crippen molar-refractivity contribution in [3.8, 4) is 0 Å². The highest BCUT2D eigenvalue weighted by Gasteiger charge is 2.17. The summed E-state index contributed by atoms with van der Waals surface area (Å²) in [5.74, 6) is 0.139. The summed E-state index contributed by atoms with van der Waals surface area (Å²) in [7, 11) is 0. The molecule has 0 aromatic carbocycles. The smallest absolute Gasteiger partial charge is 0.260 e. The molecule has 1 aromatic heterocycles. The van der Waals surface area contributed by atoms with Crippen molar-refractivity contribution in [3.63, 3.8) is 0 Å². The van der Waals surface area contributed by atoms with Gasteiger partial charge in [-0.05, 0) is 34.8 Å². The van der Waals surface area contributed by atoms with Crippen molar-refractivity contribution in [2.45, 2.75) is 31.7 Å². The monoisotopic (exact) mass is 345 g/mol. The number of halogens is 1. The predicted octanol–water partition coefficient (Wildman–Crippen LogP) is 2.21. The Morgan fingerprint density at radius 2 is 2.32 bits per heavy atom. The summed E-state index contributed by atoms with van der Waals surface area (Å²) in [4.78, 5) is 17.4. The zero-order valence-electron chi connectivity index (χ0n) is 10.4. The van der Waals surface area contributed by atoms with Gasteiger partial charge in [0.2, 0.25) is 0 Å². The van der Waals surface area contributed by atoms with Crippen molar-refractivity contribution >= 4 is 39.0 Å². The number of amides is 1. The van der Waals surface area contributed by atoms with E-state index in [1.807, 2.05) is 11.4 Å². The number of hydrogen-bond acceptors (Lipinski definition) is 4. The molecule has 104 valence electrons. The normalized spacial score (nSPS) is 16.6. The van der Waals surface area contributed by atoms with Crippen LogP contribution in [0.3, 0.4) is 0 Å². The van der Waals surface area contributed by atoms with E-state index in [9.17, 15) is 4.79 Å². The van der Waals surface area contributed by atoms with Gasteiger partial charge in [0, 0.05) is 15.9 Å². The highest BCUT2D eigenvalue weighted by atomic mass is 79.9. The zero-order chi connectivity index (χ0) is 13.7. The van der Waals surface area contributed by atoms with E-state index in [0.29, 0.717) is 6.04 Å². The van der Waals surface area contributed by atoms with E-state index in [1.54, 1.807) is 0 Å². The van der Waals surface area contributed by atoms with Crippen LogP contribution in [0.5, 0.6) is 0 Å². The number of carbonyl (C=O) groups excluding carboxylic acids is 1. The van der Waals surface area contributed by atoms with Gasteiger partial charge < -0.3 is 15.9 Å². The topological polar surface area (TPSA) is 76.7 Å². The lowest BCUT2D eigenvalue weighted by molar-refractivity contribution is -0.126. The Morgan fingerprint density at radius 1 is 1.58 bits per heavy atom. The van der Waals surface area contributed by atoms with Crippen molar-refractivity contribution in [2.24, 2.45) is 10.9 Å². The molecule has 0 unspecified atom stereocenters. The fraction of sp³-hybridized carbons (Fsp3) is 0.500. The number of hydrogen-bond donors (Lipinski definition) is 2. The minimum absolute atomic E-state index is 0.0935. The minimum atomic E-state index is -0.143. The molecular weight excluding hydrogens is 330 g/mol. The van der Waals surface area contributed by atoms with E-state index in [2.05, 4.69) is 26.4 Å². The maximum atomic E-state index is 11.6. The zero-order valence-corrected chi connectivity index (χ0v) is 12.8. The molecule has 1 heterocycles. The van der Waals surface area contributed by atoms with Gasteiger partial charge in [-0.25, -0.2) is 0 Å². The summed E-state index contributed by atoms with van der Waals surface area (Å²) in [5, 5.41) is 8.57. The van der Waals surface area contributed by atoms with Crippen LogP contribution in [0.25, 0.3) is 0 Å². The number of amidine groups is 1. The second kappa shape index (κ2) is 6.91. The number of nitrogens with two attached hydrogens (primary N) is 1. The van der Waals surface area contributed by atoms with Gasteiger partial charge in [0.05, 0.1) is 4.88 Å². The van der Waals surface area contributed by atoms with Crippen molar-refractivity contribution in [3.05, 3.63) is 20.8 Å². The number of nitrogens with one attached hydrogen (secondary N) is 1. The summed E-state index contributed by atoms with van der Waals surface area (Å²) in [5.41, 5.74) is 5.74. The molecule has 7 heteroatoms. The Hall–Kier alpha value is -1.08. The first-order chi connectivity index (χ1) is 9.15. The Bertz CT molecular complexity index is 469. The van der Waals surface area contributed by atoms with Crippen LogP contribution in [0, 0.1) is 0 Å². The fourth-order valence-electron chi connectivity index (χ4n) is 1.99. The van der Waals surface area contributed by atoms with Crippen LogP contribution in [0.1, 0.15) is 30.6 Å². The Labute approximate surface area is 124 Å². The van der Waals surface area contributed by atoms with Gasteiger partial charge in [-0.2, -0.15) is 0 Å². The van der Waals surface area contributed by atoms with Crippen LogP contribution >= 0.6 is 27.3 Å². The third-order valence-corrected chi connectivity index (χ3v) is 4.61. The largest absolute Gasteiger partial charge is 0.384 e.